The Kier molecular flexibility index (Phi) is 16.5. The summed E-state index contributed by atoms with van der Waals surface area (Å²) in [5.74, 6) is -0.670. The highest BCUT2D eigenvalue weighted by atomic mass is 16.4. The summed E-state index contributed by atoms with van der Waals surface area (Å²) in [5, 5.41) is 8.71. The number of nitrogens with zero attached hydrogens (tertiary/aromatic N) is 1. The minimum atomic E-state index is -0.670. The lowest BCUT2D eigenvalue weighted by Gasteiger charge is -2.29. The first-order chi connectivity index (χ1) is 12.0. The summed E-state index contributed by atoms with van der Waals surface area (Å²) in [5.41, 5.74) is 0. The number of quaternary nitrogens is 1. The molecule has 1 N–H and O–H groups in total. The molecule has 0 heterocycles. The van der Waals surface area contributed by atoms with Crippen molar-refractivity contribution in [3.8, 4) is 0 Å². The number of rotatable bonds is 19. The Morgan fingerprint density at radius 3 is 1.40 bits per heavy atom. The summed E-state index contributed by atoms with van der Waals surface area (Å²) in [4.78, 5) is 10.6. The number of hydrogen-bond acceptors (Lipinski definition) is 1. The van der Waals surface area contributed by atoms with Gasteiger partial charge >= 0.3 is 5.97 Å². The van der Waals surface area contributed by atoms with Crippen LogP contribution in [0.3, 0.4) is 0 Å². The molecule has 0 aliphatic rings. The highest BCUT2D eigenvalue weighted by Gasteiger charge is 2.14. The number of unbranched alkanes of at least 4 members (excludes halogenated alkanes) is 13. The molecule has 0 aliphatic carbocycles. The van der Waals surface area contributed by atoms with Crippen molar-refractivity contribution in [2.45, 2.75) is 110 Å². The van der Waals surface area contributed by atoms with E-state index >= 15 is 0 Å². The predicted octanol–water partition coefficient (Wildman–Crippen LogP) is 6.41. The van der Waals surface area contributed by atoms with Crippen molar-refractivity contribution < 1.29 is 14.4 Å². The Hall–Kier alpha value is -0.570. The monoisotopic (exact) mass is 356 g/mol. The summed E-state index contributed by atoms with van der Waals surface area (Å²) in [6.07, 6.45) is 20.7. The lowest BCUT2D eigenvalue weighted by Crippen LogP contribution is -2.41. The van der Waals surface area contributed by atoms with Gasteiger partial charge in [0.2, 0.25) is 0 Å². The van der Waals surface area contributed by atoms with Gasteiger partial charge in [0, 0.05) is 6.42 Å². The average Bonchev–Trinajstić information content (AvgIpc) is 2.54. The predicted molar refractivity (Wildman–Crippen MR) is 109 cm³/mol. The molecule has 0 bridgehead atoms. The van der Waals surface area contributed by atoms with Crippen molar-refractivity contribution in [2.24, 2.45) is 0 Å². The van der Waals surface area contributed by atoms with E-state index in [4.69, 9.17) is 5.11 Å². The summed E-state index contributed by atoms with van der Waals surface area (Å²) >= 11 is 0. The van der Waals surface area contributed by atoms with Gasteiger partial charge in [-0.2, -0.15) is 0 Å². The Labute approximate surface area is 157 Å². The molecular formula is C22H46NO2+. The van der Waals surface area contributed by atoms with Gasteiger partial charge in [-0.15, -0.1) is 0 Å². The Morgan fingerprint density at radius 2 is 1.00 bits per heavy atom. The van der Waals surface area contributed by atoms with Gasteiger partial charge in [-0.3, -0.25) is 4.79 Å². The van der Waals surface area contributed by atoms with Crippen LogP contribution in [0.4, 0.5) is 0 Å². The smallest absolute Gasteiger partial charge is 0.303 e. The van der Waals surface area contributed by atoms with E-state index in [1.807, 2.05) is 0 Å². The normalized spacial score (nSPS) is 11.8. The van der Waals surface area contributed by atoms with Crippen LogP contribution in [-0.4, -0.2) is 42.7 Å². The lowest BCUT2D eigenvalue weighted by atomic mass is 10.0. The fourth-order valence-electron chi connectivity index (χ4n) is 3.50. The first-order valence-corrected chi connectivity index (χ1v) is 11.0. The largest absolute Gasteiger partial charge is 0.481 e. The topological polar surface area (TPSA) is 37.3 Å². The molecule has 0 amide bonds. The van der Waals surface area contributed by atoms with E-state index in [1.165, 1.54) is 96.4 Å². The molecular weight excluding hydrogens is 310 g/mol. The molecule has 0 radical (unpaired) electrons. The zero-order valence-electron chi connectivity index (χ0n) is 17.5. The van der Waals surface area contributed by atoms with Gasteiger partial charge in [-0.25, -0.2) is 0 Å². The van der Waals surface area contributed by atoms with Crippen LogP contribution in [0.2, 0.25) is 0 Å². The van der Waals surface area contributed by atoms with Gasteiger partial charge in [0.15, 0.2) is 0 Å². The van der Waals surface area contributed by atoms with E-state index < -0.39 is 5.97 Å². The van der Waals surface area contributed by atoms with Gasteiger partial charge in [0.1, 0.15) is 0 Å². The van der Waals surface area contributed by atoms with Crippen molar-refractivity contribution >= 4 is 5.97 Å². The summed E-state index contributed by atoms with van der Waals surface area (Å²) in [6.45, 7) is 4.44. The third-order valence-electron chi connectivity index (χ3n) is 5.27. The molecule has 25 heavy (non-hydrogen) atoms. The molecule has 0 saturated carbocycles. The zero-order chi connectivity index (χ0) is 18.8. The van der Waals surface area contributed by atoms with Crippen molar-refractivity contribution in [3.05, 3.63) is 0 Å². The van der Waals surface area contributed by atoms with Gasteiger partial charge in [-0.05, 0) is 12.8 Å². The second-order valence-corrected chi connectivity index (χ2v) is 8.48. The van der Waals surface area contributed by atoms with E-state index in [-0.39, 0.29) is 0 Å². The maximum absolute atomic E-state index is 10.6. The minimum absolute atomic E-state index is 0.306. The molecule has 0 fully saturated rings. The van der Waals surface area contributed by atoms with Crippen LogP contribution in [0.25, 0.3) is 0 Å². The molecule has 0 spiro atoms. The van der Waals surface area contributed by atoms with Crippen molar-refractivity contribution in [1.29, 1.82) is 0 Å². The number of carboxylic acids is 1. The molecule has 0 rings (SSSR count). The van der Waals surface area contributed by atoms with E-state index in [0.29, 0.717) is 6.42 Å². The van der Waals surface area contributed by atoms with Crippen LogP contribution >= 0.6 is 0 Å². The summed E-state index contributed by atoms with van der Waals surface area (Å²) < 4.78 is 0.964. The van der Waals surface area contributed by atoms with Crippen LogP contribution in [0.1, 0.15) is 110 Å². The molecule has 0 aromatic rings. The van der Waals surface area contributed by atoms with Crippen LogP contribution in [-0.2, 0) is 4.79 Å². The van der Waals surface area contributed by atoms with E-state index in [1.54, 1.807) is 0 Å². The highest BCUT2D eigenvalue weighted by molar-refractivity contribution is 5.66. The fraction of sp³-hybridized carbons (Fsp3) is 0.955. The molecule has 0 aromatic heterocycles. The van der Waals surface area contributed by atoms with Crippen molar-refractivity contribution in [2.75, 3.05) is 27.2 Å². The third-order valence-corrected chi connectivity index (χ3v) is 5.27. The van der Waals surface area contributed by atoms with Crippen LogP contribution in [0.15, 0.2) is 0 Å². The van der Waals surface area contributed by atoms with E-state index in [0.717, 1.165) is 17.4 Å². The molecule has 0 saturated heterocycles. The Balaban J connectivity index is 3.26. The Morgan fingerprint density at radius 1 is 0.640 bits per heavy atom. The van der Waals surface area contributed by atoms with E-state index in [2.05, 4.69) is 21.0 Å². The first kappa shape index (κ1) is 24.4. The summed E-state index contributed by atoms with van der Waals surface area (Å²) in [7, 11) is 4.45. The molecule has 0 aromatic carbocycles. The number of hydrogen-bond donors (Lipinski definition) is 1. The van der Waals surface area contributed by atoms with Crippen molar-refractivity contribution in [3.63, 3.8) is 0 Å². The van der Waals surface area contributed by atoms with E-state index in [9.17, 15) is 4.79 Å². The first-order valence-electron chi connectivity index (χ1n) is 11.0. The van der Waals surface area contributed by atoms with Gasteiger partial charge in [-0.1, -0.05) is 84.0 Å². The molecule has 0 aliphatic heterocycles. The zero-order valence-corrected chi connectivity index (χ0v) is 17.5. The molecule has 0 unspecified atom stereocenters. The van der Waals surface area contributed by atoms with Gasteiger partial charge in [0.05, 0.1) is 33.6 Å². The standard InChI is InChI=1S/C22H45NO2/c1-4-5-6-7-8-9-10-11-12-13-14-15-16-17-20-23(2,3)21-18-19-22(24)25/h4-21H2,1-3H3/p+1. The number of carboxylic acid groups (broad SMARTS) is 1. The Bertz CT molecular complexity index is 302. The van der Waals surface area contributed by atoms with Crippen LogP contribution in [0, 0.1) is 0 Å². The fourth-order valence-corrected chi connectivity index (χ4v) is 3.50. The highest BCUT2D eigenvalue weighted by Crippen LogP contribution is 2.13. The number of carbonyl (C=O) groups is 1. The second-order valence-electron chi connectivity index (χ2n) is 8.48. The van der Waals surface area contributed by atoms with Gasteiger partial charge < -0.3 is 9.59 Å². The number of aliphatic carboxylic acids is 1. The van der Waals surface area contributed by atoms with Crippen LogP contribution in [0.5, 0.6) is 0 Å². The molecule has 150 valence electrons. The summed E-state index contributed by atoms with van der Waals surface area (Å²) in [6, 6.07) is 0. The third kappa shape index (κ3) is 19.6. The average molecular weight is 357 g/mol. The quantitative estimate of drug-likeness (QED) is 0.214. The molecule has 3 heteroatoms. The lowest BCUT2D eigenvalue weighted by molar-refractivity contribution is -0.890. The molecule has 0 atom stereocenters. The second kappa shape index (κ2) is 16.9. The SMILES string of the molecule is CCCCCCCCCCCCCCCC[N+](C)(C)CCCC(=O)O. The minimum Gasteiger partial charge on any atom is -0.481 e. The van der Waals surface area contributed by atoms with Crippen molar-refractivity contribution in [1.82, 2.24) is 0 Å². The maximum Gasteiger partial charge on any atom is 0.303 e. The van der Waals surface area contributed by atoms with Crippen LogP contribution < -0.4 is 0 Å². The molecule has 3 nitrogen and oxygen atoms in total. The maximum atomic E-state index is 10.6. The van der Waals surface area contributed by atoms with Gasteiger partial charge in [0.25, 0.3) is 0 Å².